The Morgan fingerprint density at radius 2 is 1.70 bits per heavy atom. The Kier molecular flexibility index (Phi) is 6.83. The predicted molar refractivity (Wildman–Crippen MR) is 86.0 cm³/mol. The van der Waals surface area contributed by atoms with E-state index in [1.54, 1.807) is 0 Å². The van der Waals surface area contributed by atoms with Crippen molar-refractivity contribution >= 4 is 0 Å². The summed E-state index contributed by atoms with van der Waals surface area (Å²) < 4.78 is 6.00. The van der Waals surface area contributed by atoms with E-state index < -0.39 is 0 Å². The summed E-state index contributed by atoms with van der Waals surface area (Å²) in [7, 11) is 4.08. The molecule has 2 aliphatic rings. The van der Waals surface area contributed by atoms with Gasteiger partial charge < -0.3 is 10.1 Å². The van der Waals surface area contributed by atoms with E-state index in [2.05, 4.69) is 19.3 Å². The average molecular weight is 281 g/mol. The second-order valence-corrected chi connectivity index (χ2v) is 7.11. The van der Waals surface area contributed by atoms with Crippen molar-refractivity contribution in [2.24, 2.45) is 17.8 Å². The highest BCUT2D eigenvalue weighted by Gasteiger charge is 2.36. The first-order chi connectivity index (χ1) is 9.80. The SMILES string of the molecule is CCC1CCCC(C(NC)C(OC)C2CCCCC2)C1. The van der Waals surface area contributed by atoms with Crippen LogP contribution in [-0.2, 0) is 4.74 Å². The number of nitrogens with one attached hydrogen (secondary N) is 1. The molecule has 0 aliphatic heterocycles. The normalized spacial score (nSPS) is 31.9. The smallest absolute Gasteiger partial charge is 0.0754 e. The van der Waals surface area contributed by atoms with E-state index in [9.17, 15) is 0 Å². The average Bonchev–Trinajstić information content (AvgIpc) is 2.53. The van der Waals surface area contributed by atoms with Crippen LogP contribution in [0.2, 0.25) is 0 Å². The molecular formula is C18H35NO. The number of methoxy groups -OCH3 is 1. The molecule has 1 N–H and O–H groups in total. The summed E-state index contributed by atoms with van der Waals surface area (Å²) in [5.41, 5.74) is 0. The Balaban J connectivity index is 1.99. The Labute approximate surface area is 126 Å². The van der Waals surface area contributed by atoms with Gasteiger partial charge in [0.25, 0.3) is 0 Å². The largest absolute Gasteiger partial charge is 0.380 e. The van der Waals surface area contributed by atoms with Gasteiger partial charge in [-0.2, -0.15) is 0 Å². The molecule has 4 atom stereocenters. The molecule has 2 nitrogen and oxygen atoms in total. The zero-order valence-electron chi connectivity index (χ0n) is 13.9. The molecule has 2 rings (SSSR count). The summed E-state index contributed by atoms with van der Waals surface area (Å²) >= 11 is 0. The fourth-order valence-electron chi connectivity index (χ4n) is 4.79. The predicted octanol–water partition coefficient (Wildman–Crippen LogP) is 4.39. The van der Waals surface area contributed by atoms with Crippen LogP contribution in [0.5, 0.6) is 0 Å². The van der Waals surface area contributed by atoms with Crippen molar-refractivity contribution in [2.75, 3.05) is 14.2 Å². The number of ether oxygens (including phenoxy) is 1. The van der Waals surface area contributed by atoms with Crippen LogP contribution in [0, 0.1) is 17.8 Å². The molecule has 2 saturated carbocycles. The van der Waals surface area contributed by atoms with Crippen molar-refractivity contribution in [3.63, 3.8) is 0 Å². The second kappa shape index (κ2) is 8.38. The van der Waals surface area contributed by atoms with Gasteiger partial charge >= 0.3 is 0 Å². The zero-order valence-corrected chi connectivity index (χ0v) is 13.9. The standard InChI is InChI=1S/C18H35NO/c1-4-14-9-8-12-16(13-14)17(19-2)18(20-3)15-10-6-5-7-11-15/h14-19H,4-13H2,1-3H3. The van der Waals surface area contributed by atoms with E-state index in [-0.39, 0.29) is 0 Å². The van der Waals surface area contributed by atoms with Crippen LogP contribution in [0.1, 0.15) is 71.1 Å². The fraction of sp³-hybridized carbons (Fsp3) is 1.00. The molecule has 0 bridgehead atoms. The molecule has 2 fully saturated rings. The van der Waals surface area contributed by atoms with Crippen LogP contribution < -0.4 is 5.32 Å². The summed E-state index contributed by atoms with van der Waals surface area (Å²) in [6, 6.07) is 0.567. The van der Waals surface area contributed by atoms with E-state index >= 15 is 0 Å². The third-order valence-electron chi connectivity index (χ3n) is 5.98. The van der Waals surface area contributed by atoms with Crippen LogP contribution >= 0.6 is 0 Å². The minimum absolute atomic E-state index is 0.431. The molecule has 0 saturated heterocycles. The van der Waals surface area contributed by atoms with Crippen LogP contribution in [0.3, 0.4) is 0 Å². The van der Waals surface area contributed by atoms with Gasteiger partial charge in [-0.15, -0.1) is 0 Å². The lowest BCUT2D eigenvalue weighted by atomic mass is 9.72. The molecule has 0 aromatic rings. The Morgan fingerprint density at radius 1 is 1.00 bits per heavy atom. The lowest BCUT2D eigenvalue weighted by Gasteiger charge is -2.41. The van der Waals surface area contributed by atoms with Gasteiger partial charge in [0.2, 0.25) is 0 Å². The molecule has 0 aromatic heterocycles. The first-order valence-corrected chi connectivity index (χ1v) is 9.00. The zero-order chi connectivity index (χ0) is 14.4. The summed E-state index contributed by atoms with van der Waals surface area (Å²) in [5, 5.41) is 3.64. The highest BCUT2D eigenvalue weighted by atomic mass is 16.5. The van der Waals surface area contributed by atoms with Crippen molar-refractivity contribution in [1.29, 1.82) is 0 Å². The third-order valence-corrected chi connectivity index (χ3v) is 5.98. The maximum Gasteiger partial charge on any atom is 0.0754 e. The molecule has 0 spiro atoms. The molecular weight excluding hydrogens is 246 g/mol. The maximum absolute atomic E-state index is 6.00. The van der Waals surface area contributed by atoms with E-state index in [4.69, 9.17) is 4.74 Å². The molecule has 0 amide bonds. The van der Waals surface area contributed by atoms with E-state index in [1.165, 1.54) is 64.2 Å². The Morgan fingerprint density at radius 3 is 2.30 bits per heavy atom. The minimum atomic E-state index is 0.431. The van der Waals surface area contributed by atoms with Crippen LogP contribution in [-0.4, -0.2) is 26.3 Å². The van der Waals surface area contributed by atoms with E-state index in [1.807, 2.05) is 7.11 Å². The van der Waals surface area contributed by atoms with Gasteiger partial charge in [0.15, 0.2) is 0 Å². The molecule has 0 heterocycles. The molecule has 20 heavy (non-hydrogen) atoms. The number of hydrogen-bond donors (Lipinski definition) is 1. The number of rotatable bonds is 6. The summed E-state index contributed by atoms with van der Waals surface area (Å²) in [4.78, 5) is 0. The van der Waals surface area contributed by atoms with E-state index in [0.29, 0.717) is 12.1 Å². The van der Waals surface area contributed by atoms with Crippen molar-refractivity contribution in [3.05, 3.63) is 0 Å². The van der Waals surface area contributed by atoms with Gasteiger partial charge in [0.1, 0.15) is 0 Å². The first-order valence-electron chi connectivity index (χ1n) is 9.00. The fourth-order valence-corrected chi connectivity index (χ4v) is 4.79. The molecule has 2 aliphatic carbocycles. The lowest BCUT2D eigenvalue weighted by molar-refractivity contribution is -0.0142. The van der Waals surface area contributed by atoms with Crippen LogP contribution in [0.15, 0.2) is 0 Å². The van der Waals surface area contributed by atoms with Gasteiger partial charge in [0.05, 0.1) is 6.10 Å². The molecule has 2 heteroatoms. The topological polar surface area (TPSA) is 21.3 Å². The van der Waals surface area contributed by atoms with Gasteiger partial charge in [-0.05, 0) is 50.5 Å². The second-order valence-electron chi connectivity index (χ2n) is 7.11. The molecule has 0 aromatic carbocycles. The number of hydrogen-bond acceptors (Lipinski definition) is 2. The highest BCUT2D eigenvalue weighted by molar-refractivity contribution is 4.91. The minimum Gasteiger partial charge on any atom is -0.380 e. The van der Waals surface area contributed by atoms with Crippen LogP contribution in [0.4, 0.5) is 0 Å². The quantitative estimate of drug-likeness (QED) is 0.780. The van der Waals surface area contributed by atoms with Crippen molar-refractivity contribution < 1.29 is 4.74 Å². The summed E-state index contributed by atoms with van der Waals surface area (Å²) in [6.07, 6.45) is 14.5. The van der Waals surface area contributed by atoms with Gasteiger partial charge in [-0.3, -0.25) is 0 Å². The summed E-state index contributed by atoms with van der Waals surface area (Å²) in [6.45, 7) is 2.36. The highest BCUT2D eigenvalue weighted by Crippen LogP contribution is 2.37. The Bertz CT molecular complexity index is 262. The monoisotopic (exact) mass is 281 g/mol. The Hall–Kier alpha value is -0.0800. The third kappa shape index (κ3) is 3.98. The number of likely N-dealkylation sites (N-methyl/N-ethyl adjacent to an activating group) is 1. The summed E-state index contributed by atoms with van der Waals surface area (Å²) in [5.74, 6) is 2.56. The molecule has 118 valence electrons. The van der Waals surface area contributed by atoms with Crippen molar-refractivity contribution in [2.45, 2.75) is 83.3 Å². The molecule has 0 radical (unpaired) electrons. The van der Waals surface area contributed by atoms with E-state index in [0.717, 1.165) is 17.8 Å². The van der Waals surface area contributed by atoms with Gasteiger partial charge in [-0.25, -0.2) is 0 Å². The lowest BCUT2D eigenvalue weighted by Crippen LogP contribution is -2.49. The maximum atomic E-state index is 6.00. The van der Waals surface area contributed by atoms with Crippen molar-refractivity contribution in [1.82, 2.24) is 5.32 Å². The first kappa shape index (κ1) is 16.3. The van der Waals surface area contributed by atoms with Gasteiger partial charge in [0, 0.05) is 13.2 Å². The van der Waals surface area contributed by atoms with Crippen LogP contribution in [0.25, 0.3) is 0 Å². The van der Waals surface area contributed by atoms with Crippen molar-refractivity contribution in [3.8, 4) is 0 Å². The molecule has 4 unspecified atom stereocenters. The van der Waals surface area contributed by atoms with Gasteiger partial charge in [-0.1, -0.05) is 45.4 Å².